The SMILES string of the molecule is Cc1cc(I)ccc1NC(=O)N[C@H]1CCOC1. The van der Waals surface area contributed by atoms with E-state index in [0.717, 1.165) is 27.8 Å². The molecule has 0 aliphatic carbocycles. The van der Waals surface area contributed by atoms with Crippen molar-refractivity contribution < 1.29 is 9.53 Å². The number of benzene rings is 1. The molecule has 1 aromatic rings. The minimum atomic E-state index is -0.162. The summed E-state index contributed by atoms with van der Waals surface area (Å²) in [6, 6.07) is 5.90. The highest BCUT2D eigenvalue weighted by Gasteiger charge is 2.17. The molecular formula is C12H15IN2O2. The zero-order chi connectivity index (χ0) is 12.3. The third-order valence-corrected chi connectivity index (χ3v) is 3.37. The fourth-order valence-electron chi connectivity index (χ4n) is 1.76. The van der Waals surface area contributed by atoms with Gasteiger partial charge in [0.25, 0.3) is 0 Å². The van der Waals surface area contributed by atoms with Crippen molar-refractivity contribution in [3.8, 4) is 0 Å². The maximum atomic E-state index is 11.7. The Balaban J connectivity index is 1.93. The van der Waals surface area contributed by atoms with Gasteiger partial charge in [0.2, 0.25) is 0 Å². The van der Waals surface area contributed by atoms with E-state index >= 15 is 0 Å². The summed E-state index contributed by atoms with van der Waals surface area (Å²) < 4.78 is 6.37. The molecule has 1 aliphatic heterocycles. The zero-order valence-electron chi connectivity index (χ0n) is 9.63. The molecule has 0 radical (unpaired) electrons. The van der Waals surface area contributed by atoms with Crippen molar-refractivity contribution in [3.05, 3.63) is 27.3 Å². The van der Waals surface area contributed by atoms with Crippen molar-refractivity contribution in [3.63, 3.8) is 0 Å². The van der Waals surface area contributed by atoms with Crippen LogP contribution in [0.2, 0.25) is 0 Å². The van der Waals surface area contributed by atoms with Crippen LogP contribution in [0.15, 0.2) is 18.2 Å². The Hall–Kier alpha value is -0.820. The number of rotatable bonds is 2. The Bertz CT molecular complexity index is 417. The summed E-state index contributed by atoms with van der Waals surface area (Å²) >= 11 is 2.25. The maximum Gasteiger partial charge on any atom is 0.319 e. The molecule has 0 bridgehead atoms. The number of carbonyl (C=O) groups is 1. The van der Waals surface area contributed by atoms with Gasteiger partial charge in [0.15, 0.2) is 0 Å². The number of hydrogen-bond acceptors (Lipinski definition) is 2. The standard InChI is InChI=1S/C12H15IN2O2/c1-8-6-9(13)2-3-11(8)15-12(16)14-10-4-5-17-7-10/h2-3,6,10H,4-5,7H2,1H3,(H2,14,15,16)/t10-/m0/s1. The number of urea groups is 1. The number of halogens is 1. The third kappa shape index (κ3) is 3.57. The minimum Gasteiger partial charge on any atom is -0.379 e. The number of nitrogens with one attached hydrogen (secondary N) is 2. The average molecular weight is 346 g/mol. The molecule has 2 N–H and O–H groups in total. The van der Waals surface area contributed by atoms with E-state index < -0.39 is 0 Å². The van der Waals surface area contributed by atoms with Crippen LogP contribution in [0.4, 0.5) is 10.5 Å². The molecule has 1 saturated heterocycles. The van der Waals surface area contributed by atoms with E-state index in [9.17, 15) is 4.79 Å². The zero-order valence-corrected chi connectivity index (χ0v) is 11.8. The van der Waals surface area contributed by atoms with E-state index in [4.69, 9.17) is 4.74 Å². The maximum absolute atomic E-state index is 11.7. The predicted molar refractivity (Wildman–Crippen MR) is 75.3 cm³/mol. The van der Waals surface area contributed by atoms with Crippen molar-refractivity contribution in [1.82, 2.24) is 5.32 Å². The van der Waals surface area contributed by atoms with Gasteiger partial charge in [-0.3, -0.25) is 0 Å². The van der Waals surface area contributed by atoms with Crippen molar-refractivity contribution in [2.24, 2.45) is 0 Å². The lowest BCUT2D eigenvalue weighted by molar-refractivity contribution is 0.189. The van der Waals surface area contributed by atoms with Crippen molar-refractivity contribution in [2.75, 3.05) is 18.5 Å². The van der Waals surface area contributed by atoms with Crippen LogP contribution in [0, 0.1) is 10.5 Å². The second kappa shape index (κ2) is 5.68. The van der Waals surface area contributed by atoms with Gasteiger partial charge in [-0.05, 0) is 59.7 Å². The summed E-state index contributed by atoms with van der Waals surface area (Å²) in [4.78, 5) is 11.7. The van der Waals surface area contributed by atoms with Crippen LogP contribution in [0.5, 0.6) is 0 Å². The second-order valence-corrected chi connectivity index (χ2v) is 5.36. The van der Waals surface area contributed by atoms with Gasteiger partial charge in [-0.1, -0.05) is 0 Å². The van der Waals surface area contributed by atoms with Gasteiger partial charge >= 0.3 is 6.03 Å². The number of amides is 2. The lowest BCUT2D eigenvalue weighted by Gasteiger charge is -2.13. The Morgan fingerprint density at radius 3 is 3.00 bits per heavy atom. The first-order chi connectivity index (χ1) is 8.15. The molecule has 1 aromatic carbocycles. The monoisotopic (exact) mass is 346 g/mol. The molecule has 0 unspecified atom stereocenters. The van der Waals surface area contributed by atoms with E-state index in [-0.39, 0.29) is 12.1 Å². The second-order valence-electron chi connectivity index (χ2n) is 4.12. The van der Waals surface area contributed by atoms with E-state index in [1.807, 2.05) is 25.1 Å². The van der Waals surface area contributed by atoms with Crippen molar-refractivity contribution in [1.29, 1.82) is 0 Å². The first-order valence-electron chi connectivity index (χ1n) is 5.56. The molecule has 1 fully saturated rings. The number of ether oxygens (including phenoxy) is 1. The van der Waals surface area contributed by atoms with Gasteiger partial charge in [-0.2, -0.15) is 0 Å². The lowest BCUT2D eigenvalue weighted by Crippen LogP contribution is -2.38. The molecule has 1 aliphatic rings. The molecule has 1 atom stereocenters. The lowest BCUT2D eigenvalue weighted by atomic mass is 10.2. The van der Waals surface area contributed by atoms with Gasteiger partial charge in [-0.15, -0.1) is 0 Å². The normalized spacial score (nSPS) is 19.1. The highest BCUT2D eigenvalue weighted by atomic mass is 127. The van der Waals surface area contributed by atoms with Crippen LogP contribution in [0.1, 0.15) is 12.0 Å². The summed E-state index contributed by atoms with van der Waals surface area (Å²) in [6.07, 6.45) is 0.888. The molecule has 0 spiro atoms. The van der Waals surface area contributed by atoms with Crippen LogP contribution in [0.25, 0.3) is 0 Å². The molecular weight excluding hydrogens is 331 g/mol. The predicted octanol–water partition coefficient (Wildman–Crippen LogP) is 2.51. The highest BCUT2D eigenvalue weighted by Crippen LogP contribution is 2.17. The Kier molecular flexibility index (Phi) is 4.22. The first-order valence-corrected chi connectivity index (χ1v) is 6.64. The summed E-state index contributed by atoms with van der Waals surface area (Å²) in [6.45, 7) is 3.32. The summed E-state index contributed by atoms with van der Waals surface area (Å²) in [5.74, 6) is 0. The fraction of sp³-hybridized carbons (Fsp3) is 0.417. The molecule has 2 amide bonds. The molecule has 17 heavy (non-hydrogen) atoms. The van der Waals surface area contributed by atoms with Crippen molar-refractivity contribution >= 4 is 34.3 Å². The summed E-state index contributed by atoms with van der Waals surface area (Å²) in [5.41, 5.74) is 1.91. The van der Waals surface area contributed by atoms with Crippen molar-refractivity contribution in [2.45, 2.75) is 19.4 Å². The summed E-state index contributed by atoms with van der Waals surface area (Å²) in [7, 11) is 0. The van der Waals surface area contributed by atoms with Crippen LogP contribution in [-0.4, -0.2) is 25.3 Å². The average Bonchev–Trinajstić information content (AvgIpc) is 2.75. The molecule has 0 aromatic heterocycles. The van der Waals surface area contributed by atoms with E-state index in [1.54, 1.807) is 0 Å². The number of carbonyl (C=O) groups excluding carboxylic acids is 1. The molecule has 2 rings (SSSR count). The van der Waals surface area contributed by atoms with Crippen LogP contribution >= 0.6 is 22.6 Å². The van der Waals surface area contributed by atoms with Gasteiger partial charge in [0.1, 0.15) is 0 Å². The van der Waals surface area contributed by atoms with Gasteiger partial charge in [0, 0.05) is 15.9 Å². The van der Waals surface area contributed by atoms with E-state index in [1.165, 1.54) is 0 Å². The number of anilines is 1. The smallest absolute Gasteiger partial charge is 0.319 e. The molecule has 92 valence electrons. The first kappa shape index (κ1) is 12.6. The van der Waals surface area contributed by atoms with Gasteiger partial charge in [-0.25, -0.2) is 4.79 Å². The molecule has 1 heterocycles. The Morgan fingerprint density at radius 2 is 2.35 bits per heavy atom. The minimum absolute atomic E-state index is 0.138. The number of aryl methyl sites for hydroxylation is 1. The van der Waals surface area contributed by atoms with E-state index in [2.05, 4.69) is 33.2 Å². The van der Waals surface area contributed by atoms with Crippen LogP contribution < -0.4 is 10.6 Å². The molecule has 4 nitrogen and oxygen atoms in total. The quantitative estimate of drug-likeness (QED) is 0.809. The third-order valence-electron chi connectivity index (χ3n) is 2.70. The Labute approximate surface area is 114 Å². The number of hydrogen-bond donors (Lipinski definition) is 2. The van der Waals surface area contributed by atoms with Crippen LogP contribution in [0.3, 0.4) is 0 Å². The summed E-state index contributed by atoms with van der Waals surface area (Å²) in [5, 5.41) is 5.75. The van der Waals surface area contributed by atoms with Gasteiger partial charge < -0.3 is 15.4 Å². The molecule has 0 saturated carbocycles. The van der Waals surface area contributed by atoms with Crippen LogP contribution in [-0.2, 0) is 4.74 Å². The largest absolute Gasteiger partial charge is 0.379 e. The van der Waals surface area contributed by atoms with Gasteiger partial charge in [0.05, 0.1) is 12.6 Å². The topological polar surface area (TPSA) is 50.4 Å². The highest BCUT2D eigenvalue weighted by molar-refractivity contribution is 14.1. The Morgan fingerprint density at radius 1 is 1.53 bits per heavy atom. The molecule has 5 heteroatoms. The van der Waals surface area contributed by atoms with E-state index in [0.29, 0.717) is 6.61 Å². The fourth-order valence-corrected chi connectivity index (χ4v) is 2.41.